The highest BCUT2D eigenvalue weighted by Gasteiger charge is 2.20. The number of thiazole rings is 2. The van der Waals surface area contributed by atoms with Crippen molar-refractivity contribution >= 4 is 56.9 Å². The van der Waals surface area contributed by atoms with Crippen LogP contribution in [-0.4, -0.2) is 19.7 Å². The highest BCUT2D eigenvalue weighted by atomic mass is 32.1. The number of hydrogen-bond acceptors (Lipinski definition) is 7. The van der Waals surface area contributed by atoms with E-state index in [1.165, 1.54) is 43.8 Å². The van der Waals surface area contributed by atoms with Crippen LogP contribution in [0.2, 0.25) is 0 Å². The number of aromatic nitrogens is 3. The molecule has 0 aliphatic rings. The third-order valence-electron chi connectivity index (χ3n) is 4.45. The molecule has 0 unspecified atom stereocenters. The van der Waals surface area contributed by atoms with Crippen LogP contribution in [0.25, 0.3) is 17.1 Å². The summed E-state index contributed by atoms with van der Waals surface area (Å²) in [5.74, 6) is -0.0682. The molecule has 6 nitrogen and oxygen atoms in total. The van der Waals surface area contributed by atoms with Crippen molar-refractivity contribution in [2.24, 2.45) is 5.41 Å². The van der Waals surface area contributed by atoms with Crippen molar-refractivity contribution < 1.29 is 4.79 Å². The Balaban J connectivity index is 1.89. The van der Waals surface area contributed by atoms with Gasteiger partial charge in [0, 0.05) is 29.1 Å². The molecule has 154 valence electrons. The molecule has 4 heterocycles. The molecule has 0 spiro atoms. The standard InChI is InChI=1S/C21H19N3O3S3/c1-21(2,3)16(25)10-18-24(19(27)15(30-18)8-13-4-6-28-12-13)11-14-9-17(26)23-5-7-29-20(23)22-14/h4-10,12H,11H2,1-3H3. The Morgan fingerprint density at radius 1 is 1.23 bits per heavy atom. The molecular weight excluding hydrogens is 438 g/mol. The highest BCUT2D eigenvalue weighted by Crippen LogP contribution is 2.15. The van der Waals surface area contributed by atoms with Crippen LogP contribution in [0.3, 0.4) is 0 Å². The fourth-order valence-corrected chi connectivity index (χ4v) is 5.16. The molecule has 0 radical (unpaired) electrons. The van der Waals surface area contributed by atoms with Gasteiger partial charge in [-0.05, 0) is 28.5 Å². The number of carbonyl (C=O) groups is 1. The summed E-state index contributed by atoms with van der Waals surface area (Å²) in [4.78, 5) is 43.2. The first kappa shape index (κ1) is 20.6. The molecule has 4 aromatic heterocycles. The number of rotatable bonds is 4. The minimum Gasteiger partial charge on any atom is -0.294 e. The van der Waals surface area contributed by atoms with E-state index in [1.807, 2.05) is 43.7 Å². The van der Waals surface area contributed by atoms with Gasteiger partial charge in [0.05, 0.1) is 16.8 Å². The predicted molar refractivity (Wildman–Crippen MR) is 123 cm³/mol. The molecule has 4 aromatic rings. The lowest BCUT2D eigenvalue weighted by atomic mass is 9.91. The molecule has 0 N–H and O–H groups in total. The van der Waals surface area contributed by atoms with Gasteiger partial charge in [-0.15, -0.1) is 22.7 Å². The Morgan fingerprint density at radius 3 is 2.73 bits per heavy atom. The molecule has 0 saturated carbocycles. The first-order chi connectivity index (χ1) is 14.2. The smallest absolute Gasteiger partial charge is 0.269 e. The van der Waals surface area contributed by atoms with E-state index in [1.54, 1.807) is 22.9 Å². The Bertz CT molecular complexity index is 1460. The summed E-state index contributed by atoms with van der Waals surface area (Å²) in [6.07, 6.45) is 5.02. The SMILES string of the molecule is CC(C)(C)C(=O)C=c1sc(=Cc2ccsc2)c(=O)n1Cc1cc(=O)n2ccsc2n1. The molecule has 9 heteroatoms. The number of carbonyl (C=O) groups excluding carboxylic acids is 1. The summed E-state index contributed by atoms with van der Waals surface area (Å²) in [6.45, 7) is 5.65. The highest BCUT2D eigenvalue weighted by molar-refractivity contribution is 7.15. The number of thiophene rings is 1. The van der Waals surface area contributed by atoms with Gasteiger partial charge in [0.2, 0.25) is 0 Å². The second-order valence-corrected chi connectivity index (χ2v) is 10.5. The maximum absolute atomic E-state index is 13.2. The summed E-state index contributed by atoms with van der Waals surface area (Å²) < 4.78 is 4.08. The lowest BCUT2D eigenvalue weighted by molar-refractivity contribution is -0.120. The van der Waals surface area contributed by atoms with Crippen LogP contribution in [0.5, 0.6) is 0 Å². The van der Waals surface area contributed by atoms with Gasteiger partial charge in [-0.2, -0.15) is 11.3 Å². The van der Waals surface area contributed by atoms with Crippen LogP contribution in [-0.2, 0) is 11.3 Å². The van der Waals surface area contributed by atoms with E-state index in [2.05, 4.69) is 4.98 Å². The number of fused-ring (bicyclic) bond motifs is 1. The van der Waals surface area contributed by atoms with Crippen molar-refractivity contribution in [2.45, 2.75) is 27.3 Å². The summed E-state index contributed by atoms with van der Waals surface area (Å²) in [5.41, 5.74) is 0.473. The summed E-state index contributed by atoms with van der Waals surface area (Å²) in [6, 6.07) is 3.37. The average molecular weight is 458 g/mol. The zero-order chi connectivity index (χ0) is 21.5. The maximum Gasteiger partial charge on any atom is 0.269 e. The molecule has 0 saturated heterocycles. The van der Waals surface area contributed by atoms with Crippen LogP contribution < -0.4 is 20.3 Å². The molecular formula is C21H19N3O3S3. The van der Waals surface area contributed by atoms with Gasteiger partial charge >= 0.3 is 0 Å². The molecule has 0 aliphatic carbocycles. The second kappa shape index (κ2) is 7.90. The van der Waals surface area contributed by atoms with Crippen molar-refractivity contribution in [3.63, 3.8) is 0 Å². The fourth-order valence-electron chi connectivity index (χ4n) is 2.76. The van der Waals surface area contributed by atoms with E-state index in [0.717, 1.165) is 5.56 Å². The van der Waals surface area contributed by atoms with E-state index in [9.17, 15) is 14.4 Å². The first-order valence-electron chi connectivity index (χ1n) is 9.18. The molecule has 0 bridgehead atoms. The van der Waals surface area contributed by atoms with Gasteiger partial charge in [0.15, 0.2) is 10.7 Å². The Kier molecular flexibility index (Phi) is 5.44. The van der Waals surface area contributed by atoms with Crippen LogP contribution in [0, 0.1) is 5.41 Å². The molecule has 0 fully saturated rings. The monoisotopic (exact) mass is 457 g/mol. The Labute approximate surface area is 183 Å². The lowest BCUT2D eigenvalue weighted by Crippen LogP contribution is -2.33. The second-order valence-electron chi connectivity index (χ2n) is 7.80. The first-order valence-corrected chi connectivity index (χ1v) is 11.8. The molecule has 0 aliphatic heterocycles. The number of nitrogens with zero attached hydrogens (tertiary/aromatic N) is 3. The van der Waals surface area contributed by atoms with Crippen molar-refractivity contribution in [1.82, 2.24) is 14.0 Å². The van der Waals surface area contributed by atoms with Crippen molar-refractivity contribution in [3.8, 4) is 0 Å². The van der Waals surface area contributed by atoms with Gasteiger partial charge in [-0.1, -0.05) is 20.8 Å². The maximum atomic E-state index is 13.2. The molecule has 0 atom stereocenters. The third-order valence-corrected chi connectivity index (χ3v) is 6.97. The largest absolute Gasteiger partial charge is 0.294 e. The summed E-state index contributed by atoms with van der Waals surface area (Å²) >= 11 is 4.18. The number of Topliss-reactive ketones (excluding diaryl/α,β-unsaturated/α-hetero) is 1. The molecule has 0 aromatic carbocycles. The molecule has 30 heavy (non-hydrogen) atoms. The van der Waals surface area contributed by atoms with Gasteiger partial charge in [0.1, 0.15) is 4.66 Å². The van der Waals surface area contributed by atoms with Crippen LogP contribution in [0.15, 0.2) is 44.1 Å². The van der Waals surface area contributed by atoms with Gasteiger partial charge in [-0.25, -0.2) is 4.98 Å². The van der Waals surface area contributed by atoms with Crippen LogP contribution >= 0.6 is 34.0 Å². The average Bonchev–Trinajstić information content (AvgIpc) is 3.39. The zero-order valence-corrected chi connectivity index (χ0v) is 19.1. The van der Waals surface area contributed by atoms with E-state index in [4.69, 9.17) is 0 Å². The van der Waals surface area contributed by atoms with Gasteiger partial charge < -0.3 is 0 Å². The minimum atomic E-state index is -0.560. The van der Waals surface area contributed by atoms with Crippen LogP contribution in [0.1, 0.15) is 32.0 Å². The molecule has 0 amide bonds. The fraction of sp³-hybridized carbons (Fsp3) is 0.238. The topological polar surface area (TPSA) is 73.4 Å². The Hall–Kier alpha value is -2.62. The summed E-state index contributed by atoms with van der Waals surface area (Å²) in [5, 5.41) is 5.70. The number of ketones is 1. The van der Waals surface area contributed by atoms with E-state index in [-0.39, 0.29) is 23.4 Å². The third kappa shape index (κ3) is 4.14. The van der Waals surface area contributed by atoms with E-state index < -0.39 is 5.41 Å². The normalized spacial score (nSPS) is 13.4. The predicted octanol–water partition coefficient (Wildman–Crippen LogP) is 2.31. The van der Waals surface area contributed by atoms with Gasteiger partial charge in [-0.3, -0.25) is 23.4 Å². The van der Waals surface area contributed by atoms with Crippen LogP contribution in [0.4, 0.5) is 0 Å². The lowest BCUT2D eigenvalue weighted by Gasteiger charge is -2.12. The minimum absolute atomic E-state index is 0.0682. The Morgan fingerprint density at radius 2 is 2.03 bits per heavy atom. The van der Waals surface area contributed by atoms with Crippen molar-refractivity contribution in [2.75, 3.05) is 0 Å². The van der Waals surface area contributed by atoms with Gasteiger partial charge in [0.25, 0.3) is 11.1 Å². The van der Waals surface area contributed by atoms with Crippen molar-refractivity contribution in [1.29, 1.82) is 0 Å². The van der Waals surface area contributed by atoms with Crippen molar-refractivity contribution in [3.05, 3.63) is 75.6 Å². The zero-order valence-electron chi connectivity index (χ0n) is 16.6. The quantitative estimate of drug-likeness (QED) is 0.471. The van der Waals surface area contributed by atoms with E-state index in [0.29, 0.717) is 19.8 Å². The summed E-state index contributed by atoms with van der Waals surface area (Å²) in [7, 11) is 0. The van der Waals surface area contributed by atoms with E-state index >= 15 is 0 Å². The number of hydrogen-bond donors (Lipinski definition) is 0. The molecule has 4 rings (SSSR count).